The first-order valence-electron chi connectivity index (χ1n) is 9.35. The van der Waals surface area contributed by atoms with Gasteiger partial charge in [-0.3, -0.25) is 4.79 Å². The van der Waals surface area contributed by atoms with Crippen molar-refractivity contribution in [2.45, 2.75) is 19.4 Å². The van der Waals surface area contributed by atoms with E-state index in [2.05, 4.69) is 5.32 Å². The molecule has 0 radical (unpaired) electrons. The van der Waals surface area contributed by atoms with E-state index >= 15 is 0 Å². The molecule has 2 aromatic carbocycles. The van der Waals surface area contributed by atoms with Gasteiger partial charge in [-0.1, -0.05) is 36.4 Å². The molecular weight excluding hydrogens is 302 g/mol. The highest BCUT2D eigenvalue weighted by Gasteiger charge is 2.19. The van der Waals surface area contributed by atoms with Crippen LogP contribution in [0.5, 0.6) is 5.75 Å². The molecule has 2 aromatic rings. The maximum atomic E-state index is 11.1. The number of carboxylic acids is 1. The summed E-state index contributed by atoms with van der Waals surface area (Å²) in [4.78, 5) is 11.1. The molecule has 0 saturated heterocycles. The van der Waals surface area contributed by atoms with E-state index in [9.17, 15) is 4.79 Å². The van der Waals surface area contributed by atoms with Gasteiger partial charge in [-0.2, -0.15) is 0 Å². The van der Waals surface area contributed by atoms with Crippen molar-refractivity contribution in [3.8, 4) is 5.75 Å². The standard InChI is InChI=1S/C20H21NO3/c1-21-10-4-7-17-16-6-3-2-5-15(16)13-24-19-9-8-14(11-18(17)19)12-20(22)23/h2-3,5-9,11,21H,4,10,12-13H2,1H3,(H,22,23)/b17-7-/i1D3. The Labute approximate surface area is 146 Å². The van der Waals surface area contributed by atoms with Crippen LogP contribution >= 0.6 is 0 Å². The maximum absolute atomic E-state index is 11.1. The second-order valence-electron chi connectivity index (χ2n) is 5.68. The maximum Gasteiger partial charge on any atom is 0.307 e. The van der Waals surface area contributed by atoms with Gasteiger partial charge in [-0.05, 0) is 54.3 Å². The second kappa shape index (κ2) is 7.32. The topological polar surface area (TPSA) is 58.6 Å². The lowest BCUT2D eigenvalue weighted by atomic mass is 9.92. The molecule has 3 rings (SSSR count). The zero-order valence-electron chi connectivity index (χ0n) is 16.2. The monoisotopic (exact) mass is 326 g/mol. The molecule has 4 heteroatoms. The number of hydrogen-bond acceptors (Lipinski definition) is 3. The predicted octanol–water partition coefficient (Wildman–Crippen LogP) is 3.25. The predicted molar refractivity (Wildman–Crippen MR) is 94.2 cm³/mol. The van der Waals surface area contributed by atoms with Gasteiger partial charge >= 0.3 is 5.97 Å². The van der Waals surface area contributed by atoms with Crippen molar-refractivity contribution in [3.05, 3.63) is 70.8 Å². The van der Waals surface area contributed by atoms with Crippen molar-refractivity contribution in [2.24, 2.45) is 0 Å². The molecule has 1 aliphatic heterocycles. The third-order valence-electron chi connectivity index (χ3n) is 4.00. The average molecular weight is 326 g/mol. The summed E-state index contributed by atoms with van der Waals surface area (Å²) in [6.45, 7) is -1.44. The normalized spacial score (nSPS) is 16.8. The highest BCUT2D eigenvalue weighted by atomic mass is 16.5. The average Bonchev–Trinajstić information content (AvgIpc) is 2.74. The van der Waals surface area contributed by atoms with Gasteiger partial charge in [0.1, 0.15) is 12.4 Å². The summed E-state index contributed by atoms with van der Waals surface area (Å²) in [5.74, 6) is -0.201. The number of carbonyl (C=O) groups is 1. The summed E-state index contributed by atoms with van der Waals surface area (Å²) in [6.07, 6.45) is 2.43. The van der Waals surface area contributed by atoms with Gasteiger partial charge in [0.2, 0.25) is 0 Å². The van der Waals surface area contributed by atoms with Gasteiger partial charge in [0, 0.05) is 9.68 Å². The Morgan fingerprint density at radius 1 is 1.33 bits per heavy atom. The first kappa shape index (κ1) is 12.8. The molecule has 1 heterocycles. The second-order valence-corrected chi connectivity index (χ2v) is 5.68. The fourth-order valence-corrected chi connectivity index (χ4v) is 2.92. The van der Waals surface area contributed by atoms with Crippen LogP contribution in [0, 0.1) is 0 Å². The van der Waals surface area contributed by atoms with Crippen molar-refractivity contribution >= 4 is 11.5 Å². The summed E-state index contributed by atoms with van der Waals surface area (Å²) < 4.78 is 27.7. The first-order valence-corrected chi connectivity index (χ1v) is 7.85. The Bertz CT molecular complexity index is 875. The lowest BCUT2D eigenvalue weighted by Gasteiger charge is -2.12. The minimum atomic E-state index is -2.17. The zero-order chi connectivity index (χ0) is 19.4. The Morgan fingerprint density at radius 2 is 2.21 bits per heavy atom. The largest absolute Gasteiger partial charge is 0.488 e. The molecule has 0 amide bonds. The van der Waals surface area contributed by atoms with Gasteiger partial charge in [0.05, 0.1) is 6.42 Å². The first-order chi connectivity index (χ1) is 12.8. The van der Waals surface area contributed by atoms with Crippen LogP contribution in [0.1, 0.15) is 32.8 Å². The van der Waals surface area contributed by atoms with Crippen LogP contribution in [0.15, 0.2) is 48.5 Å². The van der Waals surface area contributed by atoms with E-state index in [1.165, 1.54) is 0 Å². The van der Waals surface area contributed by atoms with Gasteiger partial charge in [0.15, 0.2) is 0 Å². The van der Waals surface area contributed by atoms with Gasteiger partial charge < -0.3 is 15.2 Å². The van der Waals surface area contributed by atoms with Crippen molar-refractivity contribution in [1.29, 1.82) is 0 Å². The summed E-state index contributed by atoms with van der Waals surface area (Å²) in [7, 11) is 0. The molecule has 0 bridgehead atoms. The van der Waals surface area contributed by atoms with Crippen LogP contribution in [-0.2, 0) is 17.8 Å². The van der Waals surface area contributed by atoms with Gasteiger partial charge in [-0.15, -0.1) is 0 Å². The molecule has 24 heavy (non-hydrogen) atoms. The number of rotatable bonds is 5. The van der Waals surface area contributed by atoms with E-state index in [1.54, 1.807) is 12.1 Å². The molecule has 0 atom stereocenters. The van der Waals surface area contributed by atoms with Crippen LogP contribution in [0.25, 0.3) is 5.57 Å². The van der Waals surface area contributed by atoms with E-state index < -0.39 is 12.9 Å². The lowest BCUT2D eigenvalue weighted by Crippen LogP contribution is -2.06. The molecule has 4 nitrogen and oxygen atoms in total. The molecule has 1 aliphatic rings. The molecule has 0 fully saturated rings. The van der Waals surface area contributed by atoms with Crippen molar-refractivity contribution < 1.29 is 18.8 Å². The fourth-order valence-electron chi connectivity index (χ4n) is 2.92. The van der Waals surface area contributed by atoms with E-state index in [0.29, 0.717) is 30.9 Å². The molecule has 0 aliphatic carbocycles. The summed E-state index contributed by atoms with van der Waals surface area (Å²) in [5, 5.41) is 11.6. The third-order valence-corrected chi connectivity index (χ3v) is 4.00. The molecule has 2 N–H and O–H groups in total. The third kappa shape index (κ3) is 3.49. The smallest absolute Gasteiger partial charge is 0.307 e. The van der Waals surface area contributed by atoms with E-state index in [1.807, 2.05) is 36.4 Å². The molecule has 0 aromatic heterocycles. The number of aliphatic carboxylic acids is 1. The van der Waals surface area contributed by atoms with Crippen LogP contribution < -0.4 is 10.1 Å². The fraction of sp³-hybridized carbons (Fsp3) is 0.250. The van der Waals surface area contributed by atoms with Crippen LogP contribution in [-0.4, -0.2) is 24.6 Å². The Kier molecular flexibility index (Phi) is 3.90. The number of ether oxygens (including phenoxy) is 1. The summed E-state index contributed by atoms with van der Waals surface area (Å²) in [6, 6.07) is 13.3. The van der Waals surface area contributed by atoms with E-state index in [-0.39, 0.29) is 6.42 Å². The van der Waals surface area contributed by atoms with Crippen LogP contribution in [0.3, 0.4) is 0 Å². The highest BCUT2D eigenvalue weighted by molar-refractivity contribution is 5.85. The number of hydrogen-bond donors (Lipinski definition) is 2. The SMILES string of the molecule is [2H]C([2H])([2H])NCC/C=C1/c2ccccc2COc2ccc(CC(=O)O)cc21. The number of fused-ring (bicyclic) bond motifs is 2. The Hall–Kier alpha value is -2.59. The van der Waals surface area contributed by atoms with Crippen molar-refractivity contribution in [3.63, 3.8) is 0 Å². The lowest BCUT2D eigenvalue weighted by molar-refractivity contribution is -0.136. The van der Waals surface area contributed by atoms with E-state index in [4.69, 9.17) is 14.0 Å². The van der Waals surface area contributed by atoms with Crippen LogP contribution in [0.2, 0.25) is 0 Å². The zero-order valence-corrected chi connectivity index (χ0v) is 13.2. The van der Waals surface area contributed by atoms with Crippen LogP contribution in [0.4, 0.5) is 0 Å². The molecular formula is C20H21NO3. The quantitative estimate of drug-likeness (QED) is 0.828. The number of carboxylic acid groups (broad SMARTS) is 1. The minimum Gasteiger partial charge on any atom is -0.488 e. The number of benzene rings is 2. The molecule has 0 unspecified atom stereocenters. The molecule has 124 valence electrons. The summed E-state index contributed by atoms with van der Waals surface area (Å²) in [5.41, 5.74) is 4.49. The highest BCUT2D eigenvalue weighted by Crippen LogP contribution is 2.37. The Morgan fingerprint density at radius 3 is 3.04 bits per heavy atom. The Balaban J connectivity index is 1.99. The molecule has 0 saturated carbocycles. The van der Waals surface area contributed by atoms with Crippen molar-refractivity contribution in [1.82, 2.24) is 5.32 Å². The minimum absolute atomic E-state index is 0.0667. The van der Waals surface area contributed by atoms with Gasteiger partial charge in [0.25, 0.3) is 0 Å². The van der Waals surface area contributed by atoms with Crippen molar-refractivity contribution in [2.75, 3.05) is 13.5 Å². The summed E-state index contributed by atoms with van der Waals surface area (Å²) >= 11 is 0. The number of nitrogens with one attached hydrogen (secondary N) is 1. The molecule has 0 spiro atoms. The van der Waals surface area contributed by atoms with E-state index in [0.717, 1.165) is 22.3 Å². The van der Waals surface area contributed by atoms with Gasteiger partial charge in [-0.25, -0.2) is 0 Å².